The summed E-state index contributed by atoms with van der Waals surface area (Å²) in [5.41, 5.74) is 4.14. The van der Waals surface area contributed by atoms with Crippen LogP contribution in [-0.4, -0.2) is 63.4 Å². The van der Waals surface area contributed by atoms with Crippen LogP contribution in [0.5, 0.6) is 0 Å². The third kappa shape index (κ3) is 5.48. The van der Waals surface area contributed by atoms with E-state index in [9.17, 15) is 9.18 Å². The van der Waals surface area contributed by atoms with E-state index < -0.39 is 0 Å². The van der Waals surface area contributed by atoms with Crippen molar-refractivity contribution in [2.24, 2.45) is 0 Å². The molecule has 1 aliphatic rings. The lowest BCUT2D eigenvalue weighted by atomic mass is 9.94. The van der Waals surface area contributed by atoms with Gasteiger partial charge < -0.3 is 9.64 Å². The van der Waals surface area contributed by atoms with Gasteiger partial charge in [-0.15, -0.1) is 11.3 Å². The average molecular weight is 541 g/mol. The van der Waals surface area contributed by atoms with Crippen LogP contribution in [0.15, 0.2) is 41.8 Å². The van der Waals surface area contributed by atoms with Gasteiger partial charge in [-0.3, -0.25) is 9.10 Å². The maximum absolute atomic E-state index is 13.4. The number of fused-ring (bicyclic) bond motifs is 1. The lowest BCUT2D eigenvalue weighted by Crippen LogP contribution is -2.27. The Bertz CT molecular complexity index is 1380. The Kier molecular flexibility index (Phi) is 7.73. The molecule has 37 heavy (non-hydrogen) atoms. The van der Waals surface area contributed by atoms with Crippen LogP contribution < -0.4 is 4.90 Å². The highest BCUT2D eigenvalue weighted by Crippen LogP contribution is 2.35. The molecule has 1 aromatic carbocycles. The fourth-order valence-corrected chi connectivity index (χ4v) is 6.00. The highest BCUT2D eigenvalue weighted by Gasteiger charge is 2.25. The van der Waals surface area contributed by atoms with Gasteiger partial charge in [-0.1, -0.05) is 11.9 Å². The Morgan fingerprint density at radius 1 is 1.19 bits per heavy atom. The van der Waals surface area contributed by atoms with Crippen molar-refractivity contribution in [3.05, 3.63) is 59.0 Å². The third-order valence-electron chi connectivity index (χ3n) is 6.70. The standard InChI is InChI=1S/C26H29FN6O2S2/c1-31(26-29-22(16-37-26)17-4-6-19(27)7-5-17)25-21(9-11-24(34)35-2)28-23-10-8-20(30-33(23)25)18-12-14-32(36-3)15-13-18/h4-8,10,16,18H,9,11-15H2,1-3H3. The number of carbonyl (C=O) groups excluding carboxylic acids is 1. The molecule has 0 N–H and O–H groups in total. The van der Waals surface area contributed by atoms with Crippen LogP contribution in [0.4, 0.5) is 15.3 Å². The van der Waals surface area contributed by atoms with Gasteiger partial charge in [0.05, 0.1) is 30.6 Å². The number of carbonyl (C=O) groups is 1. The number of hydrogen-bond donors (Lipinski definition) is 0. The smallest absolute Gasteiger partial charge is 0.305 e. The molecule has 8 nitrogen and oxygen atoms in total. The highest BCUT2D eigenvalue weighted by atomic mass is 32.2. The number of ether oxygens (including phenoxy) is 1. The minimum absolute atomic E-state index is 0.222. The molecule has 1 saturated heterocycles. The molecule has 4 heterocycles. The van der Waals surface area contributed by atoms with Crippen molar-refractivity contribution in [3.63, 3.8) is 0 Å². The zero-order valence-corrected chi connectivity index (χ0v) is 22.7. The molecule has 0 aliphatic carbocycles. The number of nitrogens with zero attached hydrogens (tertiary/aromatic N) is 6. The van der Waals surface area contributed by atoms with E-state index in [2.05, 4.69) is 16.6 Å². The van der Waals surface area contributed by atoms with E-state index >= 15 is 0 Å². The molecule has 11 heteroatoms. The fourth-order valence-electron chi connectivity index (χ4n) is 4.62. The van der Waals surface area contributed by atoms with Crippen molar-refractivity contribution in [3.8, 4) is 11.3 Å². The summed E-state index contributed by atoms with van der Waals surface area (Å²) >= 11 is 3.28. The Morgan fingerprint density at radius 3 is 2.65 bits per heavy atom. The molecule has 1 aliphatic heterocycles. The van der Waals surface area contributed by atoms with Gasteiger partial charge in [-0.25, -0.2) is 14.4 Å². The number of methoxy groups -OCH3 is 1. The van der Waals surface area contributed by atoms with Crippen LogP contribution in [0.2, 0.25) is 0 Å². The molecule has 194 valence electrons. The predicted octanol–water partition coefficient (Wildman–Crippen LogP) is 5.32. The first-order chi connectivity index (χ1) is 18.0. The number of aromatic nitrogens is 4. The summed E-state index contributed by atoms with van der Waals surface area (Å²) in [6.45, 7) is 2.08. The van der Waals surface area contributed by atoms with Crippen molar-refractivity contribution in [2.75, 3.05) is 38.4 Å². The summed E-state index contributed by atoms with van der Waals surface area (Å²) in [6.07, 6.45) is 4.88. The van der Waals surface area contributed by atoms with E-state index in [4.69, 9.17) is 19.8 Å². The van der Waals surface area contributed by atoms with Crippen molar-refractivity contribution in [1.82, 2.24) is 23.9 Å². The summed E-state index contributed by atoms with van der Waals surface area (Å²) < 4.78 is 22.5. The molecule has 0 atom stereocenters. The van der Waals surface area contributed by atoms with Crippen molar-refractivity contribution in [1.29, 1.82) is 0 Å². The minimum atomic E-state index is -0.285. The number of halogens is 1. The van der Waals surface area contributed by atoms with Crippen LogP contribution in [0.1, 0.15) is 36.6 Å². The molecule has 0 spiro atoms. The first kappa shape index (κ1) is 25.6. The van der Waals surface area contributed by atoms with Crippen LogP contribution in [0.3, 0.4) is 0 Å². The molecule has 1 fully saturated rings. The minimum Gasteiger partial charge on any atom is -0.469 e. The van der Waals surface area contributed by atoms with Crippen LogP contribution in [-0.2, 0) is 16.0 Å². The number of imidazole rings is 1. The summed E-state index contributed by atoms with van der Waals surface area (Å²) in [6, 6.07) is 10.4. The van der Waals surface area contributed by atoms with Crippen molar-refractivity contribution >= 4 is 45.9 Å². The lowest BCUT2D eigenvalue weighted by Gasteiger charge is -2.29. The largest absolute Gasteiger partial charge is 0.469 e. The molecular weight excluding hydrogens is 511 g/mol. The highest BCUT2D eigenvalue weighted by molar-refractivity contribution is 7.96. The van der Waals surface area contributed by atoms with Gasteiger partial charge in [0, 0.05) is 43.4 Å². The Hall–Kier alpha value is -3.02. The van der Waals surface area contributed by atoms with Gasteiger partial charge in [-0.2, -0.15) is 9.61 Å². The molecule has 0 saturated carbocycles. The number of benzene rings is 1. The van der Waals surface area contributed by atoms with Gasteiger partial charge in [0.2, 0.25) is 0 Å². The molecule has 4 aromatic rings. The topological polar surface area (TPSA) is 75.9 Å². The summed E-state index contributed by atoms with van der Waals surface area (Å²) in [7, 11) is 3.32. The number of rotatable bonds is 8. The Balaban J connectivity index is 1.50. The van der Waals surface area contributed by atoms with E-state index in [1.54, 1.807) is 24.1 Å². The van der Waals surface area contributed by atoms with Gasteiger partial charge in [0.25, 0.3) is 0 Å². The third-order valence-corrected chi connectivity index (χ3v) is 8.50. The summed E-state index contributed by atoms with van der Waals surface area (Å²) in [4.78, 5) is 23.5. The van der Waals surface area contributed by atoms with Gasteiger partial charge in [0.15, 0.2) is 16.6 Å². The average Bonchev–Trinajstić information content (AvgIpc) is 3.57. The second-order valence-electron chi connectivity index (χ2n) is 8.95. The second-order valence-corrected chi connectivity index (χ2v) is 10.7. The van der Waals surface area contributed by atoms with Gasteiger partial charge in [0.1, 0.15) is 5.82 Å². The molecule has 0 bridgehead atoms. The Labute approximate surface area is 223 Å². The Morgan fingerprint density at radius 2 is 1.95 bits per heavy atom. The summed E-state index contributed by atoms with van der Waals surface area (Å²) in [5, 5.41) is 7.75. The summed E-state index contributed by atoms with van der Waals surface area (Å²) in [5.74, 6) is 0.602. The van der Waals surface area contributed by atoms with Gasteiger partial charge in [-0.05, 0) is 55.5 Å². The van der Waals surface area contributed by atoms with E-state index in [1.807, 2.05) is 27.9 Å². The quantitative estimate of drug-likeness (QED) is 0.220. The van der Waals surface area contributed by atoms with E-state index in [1.165, 1.54) is 30.6 Å². The number of piperidine rings is 1. The van der Waals surface area contributed by atoms with Crippen LogP contribution in [0, 0.1) is 5.82 Å². The van der Waals surface area contributed by atoms with Gasteiger partial charge >= 0.3 is 5.97 Å². The number of hydrogen-bond acceptors (Lipinski definition) is 9. The SMILES string of the molecule is COC(=O)CCc1nc2ccc(C3CCN(SC)CC3)nn2c1N(C)c1nc(-c2ccc(F)cc2)cs1. The zero-order valence-electron chi connectivity index (χ0n) is 21.1. The molecule has 0 radical (unpaired) electrons. The zero-order chi connectivity index (χ0) is 25.9. The van der Waals surface area contributed by atoms with E-state index in [0.717, 1.165) is 65.2 Å². The number of esters is 1. The van der Waals surface area contributed by atoms with Crippen molar-refractivity contribution < 1.29 is 13.9 Å². The predicted molar refractivity (Wildman–Crippen MR) is 146 cm³/mol. The number of aryl methyl sites for hydroxylation is 1. The molecule has 0 unspecified atom stereocenters. The van der Waals surface area contributed by atoms with Crippen molar-refractivity contribution in [2.45, 2.75) is 31.6 Å². The maximum atomic E-state index is 13.4. The number of thiazole rings is 1. The van der Waals surface area contributed by atoms with Crippen LogP contribution in [0.25, 0.3) is 16.9 Å². The maximum Gasteiger partial charge on any atom is 0.305 e. The monoisotopic (exact) mass is 540 g/mol. The fraction of sp³-hybridized carbons (Fsp3) is 0.385. The molecule has 5 rings (SSSR count). The van der Waals surface area contributed by atoms with E-state index in [0.29, 0.717) is 12.3 Å². The van der Waals surface area contributed by atoms with E-state index in [-0.39, 0.29) is 18.2 Å². The lowest BCUT2D eigenvalue weighted by molar-refractivity contribution is -0.140. The normalized spacial score (nSPS) is 14.8. The molecule has 0 amide bonds. The number of anilines is 2. The second kappa shape index (κ2) is 11.2. The first-order valence-corrected chi connectivity index (χ1v) is 14.2. The first-order valence-electron chi connectivity index (χ1n) is 12.2. The molecular formula is C26H29FN6O2S2. The molecule has 3 aromatic heterocycles. The van der Waals surface area contributed by atoms with Crippen LogP contribution >= 0.6 is 23.3 Å².